The summed E-state index contributed by atoms with van der Waals surface area (Å²) in [5.41, 5.74) is 5.08. The van der Waals surface area contributed by atoms with E-state index in [2.05, 4.69) is 5.43 Å². The molecule has 6 heteroatoms. The summed E-state index contributed by atoms with van der Waals surface area (Å²) < 4.78 is 6.62. The normalized spacial score (nSPS) is 11.5. The van der Waals surface area contributed by atoms with Crippen LogP contribution in [0.15, 0.2) is 27.4 Å². The summed E-state index contributed by atoms with van der Waals surface area (Å²) in [6, 6.07) is 5.74. The number of nitrogens with two attached hydrogens (primary N) is 1. The number of hydrazine groups is 1. The molecule has 0 bridgehead atoms. The molecule has 0 radical (unpaired) electrons. The van der Waals surface area contributed by atoms with E-state index in [0.717, 1.165) is 17.6 Å². The molecule has 0 saturated carbocycles. The number of benzene rings is 1. The minimum Gasteiger partial charge on any atom is -0.408 e. The quantitative estimate of drug-likeness (QED) is 0.443. The first-order valence-electron chi connectivity index (χ1n) is 5.32. The Hall–Kier alpha value is -1.63. The molecule has 0 amide bonds. The highest BCUT2D eigenvalue weighted by Crippen LogP contribution is 2.15. The number of oxazole rings is 1. The molecule has 0 atom stereocenters. The molecular weight excluding hydrogens is 220 g/mol. The average Bonchev–Trinajstić information content (AvgIpc) is 2.55. The first kappa shape index (κ1) is 11.8. The van der Waals surface area contributed by atoms with Crippen molar-refractivity contribution >= 4 is 11.1 Å². The van der Waals surface area contributed by atoms with Gasteiger partial charge in [0.2, 0.25) is 0 Å². The van der Waals surface area contributed by atoms with Gasteiger partial charge >= 0.3 is 5.76 Å². The lowest BCUT2D eigenvalue weighted by Crippen LogP contribution is -2.34. The highest BCUT2D eigenvalue weighted by Gasteiger charge is 2.07. The van der Waals surface area contributed by atoms with E-state index in [1.54, 1.807) is 7.05 Å². The van der Waals surface area contributed by atoms with E-state index in [4.69, 9.17) is 10.3 Å². The fourth-order valence-corrected chi connectivity index (χ4v) is 1.80. The van der Waals surface area contributed by atoms with Crippen molar-refractivity contribution in [3.8, 4) is 0 Å². The van der Waals surface area contributed by atoms with Gasteiger partial charge in [-0.25, -0.2) is 10.2 Å². The Balaban J connectivity index is 2.29. The van der Waals surface area contributed by atoms with E-state index in [-0.39, 0.29) is 5.76 Å². The summed E-state index contributed by atoms with van der Waals surface area (Å²) in [5, 5.41) is 0. The number of hydrogen-bond acceptors (Lipinski definition) is 5. The van der Waals surface area contributed by atoms with Crippen LogP contribution in [0.1, 0.15) is 5.56 Å². The number of aromatic nitrogens is 1. The monoisotopic (exact) mass is 236 g/mol. The van der Waals surface area contributed by atoms with Crippen molar-refractivity contribution in [3.05, 3.63) is 34.3 Å². The minimum absolute atomic E-state index is 0.339. The van der Waals surface area contributed by atoms with Gasteiger partial charge in [-0.1, -0.05) is 6.07 Å². The van der Waals surface area contributed by atoms with Crippen molar-refractivity contribution in [1.82, 2.24) is 14.9 Å². The Morgan fingerprint density at radius 1 is 1.53 bits per heavy atom. The van der Waals surface area contributed by atoms with Gasteiger partial charge < -0.3 is 4.42 Å². The number of rotatable bonds is 4. The van der Waals surface area contributed by atoms with Crippen molar-refractivity contribution < 1.29 is 4.42 Å². The Morgan fingerprint density at radius 3 is 3.00 bits per heavy atom. The summed E-state index contributed by atoms with van der Waals surface area (Å²) in [5.74, 6) is 4.90. The van der Waals surface area contributed by atoms with Crippen molar-refractivity contribution in [2.45, 2.75) is 6.54 Å². The molecule has 17 heavy (non-hydrogen) atoms. The molecule has 3 N–H and O–H groups in total. The number of nitrogens with one attached hydrogen (secondary N) is 1. The Morgan fingerprint density at radius 2 is 2.29 bits per heavy atom. The molecule has 0 spiro atoms. The fourth-order valence-electron chi connectivity index (χ4n) is 1.80. The molecule has 1 heterocycles. The molecule has 0 unspecified atom stereocenters. The molecule has 0 saturated heterocycles. The lowest BCUT2D eigenvalue weighted by Gasteiger charge is -2.15. The SMILES string of the molecule is CN(CNN)Cc1ccc2c(c1)oc(=O)n2C. The Labute approximate surface area is 98.6 Å². The van der Waals surface area contributed by atoms with Crippen molar-refractivity contribution in [3.63, 3.8) is 0 Å². The highest BCUT2D eigenvalue weighted by molar-refractivity contribution is 5.73. The van der Waals surface area contributed by atoms with Gasteiger partial charge in [-0.2, -0.15) is 0 Å². The first-order chi connectivity index (χ1) is 8.11. The summed E-state index contributed by atoms with van der Waals surface area (Å²) in [6.07, 6.45) is 0. The third kappa shape index (κ3) is 2.38. The van der Waals surface area contributed by atoms with E-state index in [1.807, 2.05) is 30.1 Å². The predicted molar refractivity (Wildman–Crippen MR) is 65.1 cm³/mol. The van der Waals surface area contributed by atoms with Crippen LogP contribution >= 0.6 is 0 Å². The van der Waals surface area contributed by atoms with E-state index in [9.17, 15) is 4.79 Å². The maximum atomic E-state index is 11.3. The molecular formula is C11H16N4O2. The molecule has 0 aliphatic heterocycles. The van der Waals surface area contributed by atoms with Crippen LogP contribution in [0.25, 0.3) is 11.1 Å². The second-order valence-corrected chi connectivity index (χ2v) is 4.11. The molecule has 0 aliphatic rings. The van der Waals surface area contributed by atoms with Crippen molar-refractivity contribution in [1.29, 1.82) is 0 Å². The van der Waals surface area contributed by atoms with Crippen LogP contribution in [0.5, 0.6) is 0 Å². The molecule has 2 rings (SSSR count). The van der Waals surface area contributed by atoms with Crippen LogP contribution in [-0.2, 0) is 13.6 Å². The third-order valence-electron chi connectivity index (χ3n) is 2.67. The van der Waals surface area contributed by atoms with Gasteiger partial charge in [-0.05, 0) is 24.7 Å². The van der Waals surface area contributed by atoms with E-state index in [1.165, 1.54) is 4.57 Å². The van der Waals surface area contributed by atoms with Crippen LogP contribution in [0.4, 0.5) is 0 Å². The molecule has 0 fully saturated rings. The second-order valence-electron chi connectivity index (χ2n) is 4.11. The van der Waals surface area contributed by atoms with Crippen LogP contribution in [0, 0.1) is 0 Å². The first-order valence-corrected chi connectivity index (χ1v) is 5.32. The largest absolute Gasteiger partial charge is 0.419 e. The lowest BCUT2D eigenvalue weighted by atomic mass is 10.2. The zero-order chi connectivity index (χ0) is 12.4. The highest BCUT2D eigenvalue weighted by atomic mass is 16.4. The van der Waals surface area contributed by atoms with Gasteiger partial charge in [0.25, 0.3) is 0 Å². The summed E-state index contributed by atoms with van der Waals surface area (Å²) in [6.45, 7) is 1.33. The molecule has 92 valence electrons. The second kappa shape index (κ2) is 4.70. The zero-order valence-electron chi connectivity index (χ0n) is 9.93. The van der Waals surface area contributed by atoms with Crippen LogP contribution in [0.3, 0.4) is 0 Å². The summed E-state index contributed by atoms with van der Waals surface area (Å²) in [7, 11) is 3.64. The smallest absolute Gasteiger partial charge is 0.408 e. The van der Waals surface area contributed by atoms with Crippen LogP contribution < -0.4 is 17.0 Å². The van der Waals surface area contributed by atoms with Gasteiger partial charge in [-0.15, -0.1) is 0 Å². The van der Waals surface area contributed by atoms with E-state index < -0.39 is 0 Å². The Kier molecular flexibility index (Phi) is 3.28. The predicted octanol–water partition coefficient (Wildman–Crippen LogP) is -0.0159. The van der Waals surface area contributed by atoms with Gasteiger partial charge in [0, 0.05) is 13.6 Å². The van der Waals surface area contributed by atoms with Crippen molar-refractivity contribution in [2.75, 3.05) is 13.7 Å². The van der Waals surface area contributed by atoms with E-state index in [0.29, 0.717) is 12.3 Å². The maximum absolute atomic E-state index is 11.3. The maximum Gasteiger partial charge on any atom is 0.419 e. The van der Waals surface area contributed by atoms with E-state index >= 15 is 0 Å². The average molecular weight is 236 g/mol. The standard InChI is InChI=1S/C11H16N4O2/c1-14(7-13-12)6-8-3-4-9-10(5-8)17-11(16)15(9)2/h3-5,13H,6-7,12H2,1-2H3. The number of fused-ring (bicyclic) bond motifs is 1. The number of hydrogen-bond donors (Lipinski definition) is 2. The number of aryl methyl sites for hydroxylation is 1. The molecule has 1 aromatic carbocycles. The van der Waals surface area contributed by atoms with Crippen LogP contribution in [0.2, 0.25) is 0 Å². The van der Waals surface area contributed by atoms with Crippen molar-refractivity contribution in [2.24, 2.45) is 12.9 Å². The van der Waals surface area contributed by atoms with Crippen LogP contribution in [-0.4, -0.2) is 23.2 Å². The minimum atomic E-state index is -0.339. The molecule has 6 nitrogen and oxygen atoms in total. The zero-order valence-corrected chi connectivity index (χ0v) is 9.93. The summed E-state index contributed by atoms with van der Waals surface area (Å²) in [4.78, 5) is 13.3. The van der Waals surface area contributed by atoms with Gasteiger partial charge in [0.05, 0.1) is 12.2 Å². The topological polar surface area (TPSA) is 76.4 Å². The fraction of sp³-hybridized carbons (Fsp3) is 0.364. The molecule has 2 aromatic rings. The Bertz CT molecular complexity index is 572. The van der Waals surface area contributed by atoms with Gasteiger partial charge in [0.15, 0.2) is 5.58 Å². The number of nitrogens with zero attached hydrogens (tertiary/aromatic N) is 2. The van der Waals surface area contributed by atoms with Gasteiger partial charge in [-0.3, -0.25) is 15.3 Å². The lowest BCUT2D eigenvalue weighted by molar-refractivity contribution is 0.301. The third-order valence-corrected chi connectivity index (χ3v) is 2.67. The molecule has 0 aliphatic carbocycles. The molecule has 1 aromatic heterocycles. The van der Waals surface area contributed by atoms with Gasteiger partial charge in [0.1, 0.15) is 0 Å². The summed E-state index contributed by atoms with van der Waals surface area (Å²) >= 11 is 0.